The Balaban J connectivity index is 1.72. The lowest BCUT2D eigenvalue weighted by molar-refractivity contribution is -0.123. The van der Waals surface area contributed by atoms with Crippen LogP contribution in [0.15, 0.2) is 24.3 Å². The van der Waals surface area contributed by atoms with Crippen molar-refractivity contribution in [2.75, 3.05) is 5.32 Å². The van der Waals surface area contributed by atoms with E-state index in [2.05, 4.69) is 72.4 Å². The summed E-state index contributed by atoms with van der Waals surface area (Å²) in [7, 11) is 0. The van der Waals surface area contributed by atoms with Crippen LogP contribution >= 0.6 is 0 Å². The first-order chi connectivity index (χ1) is 12.0. The Morgan fingerprint density at radius 3 is 2.84 bits per heavy atom. The van der Waals surface area contributed by atoms with Crippen molar-refractivity contribution in [3.05, 3.63) is 46.8 Å². The van der Waals surface area contributed by atoms with Gasteiger partial charge in [0.05, 0.1) is 11.7 Å². The molecule has 2 heterocycles. The number of rotatable bonds is 5. The molecule has 1 aliphatic heterocycles. The van der Waals surface area contributed by atoms with Crippen molar-refractivity contribution in [3.8, 4) is 0 Å². The third kappa shape index (κ3) is 3.86. The molecule has 0 saturated carbocycles. The normalized spacial score (nSPS) is 17.6. The highest BCUT2D eigenvalue weighted by molar-refractivity contribution is 5.77. The number of aromatic nitrogens is 2. The van der Waals surface area contributed by atoms with Crippen molar-refractivity contribution in [2.24, 2.45) is 0 Å². The van der Waals surface area contributed by atoms with Gasteiger partial charge in [0.25, 0.3) is 0 Å². The molecule has 1 aromatic carbocycles. The minimum absolute atomic E-state index is 0.134. The van der Waals surface area contributed by atoms with E-state index in [0.717, 1.165) is 30.8 Å². The Morgan fingerprint density at radius 2 is 2.16 bits per heavy atom. The number of piperidine rings is 1. The van der Waals surface area contributed by atoms with Gasteiger partial charge in [0.15, 0.2) is 0 Å². The van der Waals surface area contributed by atoms with E-state index in [1.165, 1.54) is 16.8 Å². The first kappa shape index (κ1) is 17.5. The van der Waals surface area contributed by atoms with Crippen LogP contribution < -0.4 is 10.6 Å². The monoisotopic (exact) mass is 340 g/mol. The second-order valence-electron chi connectivity index (χ2n) is 7.18. The molecule has 1 unspecified atom stereocenters. The summed E-state index contributed by atoms with van der Waals surface area (Å²) < 4.78 is 2.08. The van der Waals surface area contributed by atoms with E-state index < -0.39 is 0 Å². The Labute approximate surface area is 149 Å². The van der Waals surface area contributed by atoms with E-state index in [4.69, 9.17) is 0 Å². The van der Waals surface area contributed by atoms with Crippen LogP contribution in [0.1, 0.15) is 67.7 Å². The van der Waals surface area contributed by atoms with E-state index in [1.54, 1.807) is 0 Å². The molecule has 0 spiro atoms. The van der Waals surface area contributed by atoms with Gasteiger partial charge < -0.3 is 10.6 Å². The first-order valence-electron chi connectivity index (χ1n) is 9.13. The third-order valence-electron chi connectivity index (χ3n) is 4.95. The Kier molecular flexibility index (Phi) is 5.11. The molecule has 25 heavy (non-hydrogen) atoms. The molecule has 1 atom stereocenters. The van der Waals surface area contributed by atoms with Crippen molar-refractivity contribution in [1.82, 2.24) is 15.1 Å². The van der Waals surface area contributed by atoms with Crippen LogP contribution in [0, 0.1) is 13.8 Å². The van der Waals surface area contributed by atoms with Gasteiger partial charge >= 0.3 is 0 Å². The molecular weight excluding hydrogens is 312 g/mol. The van der Waals surface area contributed by atoms with Gasteiger partial charge in [-0.2, -0.15) is 5.10 Å². The molecule has 0 aliphatic carbocycles. The van der Waals surface area contributed by atoms with Crippen LogP contribution in [0.5, 0.6) is 0 Å². The second kappa shape index (κ2) is 7.30. The summed E-state index contributed by atoms with van der Waals surface area (Å²) in [5.41, 5.74) is 5.80. The molecule has 134 valence electrons. The van der Waals surface area contributed by atoms with Gasteiger partial charge in [-0.1, -0.05) is 12.1 Å². The fourth-order valence-electron chi connectivity index (χ4n) is 3.57. The smallest absolute Gasteiger partial charge is 0.220 e. The van der Waals surface area contributed by atoms with E-state index in [1.807, 2.05) is 0 Å². The van der Waals surface area contributed by atoms with Crippen LogP contribution in [0.2, 0.25) is 0 Å². The Bertz CT molecular complexity index is 763. The fraction of sp³-hybridized carbons (Fsp3) is 0.500. The topological polar surface area (TPSA) is 59.0 Å². The molecule has 0 bridgehead atoms. The van der Waals surface area contributed by atoms with Crippen molar-refractivity contribution >= 4 is 11.6 Å². The van der Waals surface area contributed by atoms with Crippen LogP contribution in [-0.2, 0) is 11.3 Å². The van der Waals surface area contributed by atoms with Gasteiger partial charge in [0.1, 0.15) is 0 Å². The number of nitrogens with one attached hydrogen (secondary N) is 2. The molecule has 1 amide bonds. The van der Waals surface area contributed by atoms with Gasteiger partial charge in [0.2, 0.25) is 5.91 Å². The number of anilines is 1. The second-order valence-corrected chi connectivity index (χ2v) is 7.18. The molecule has 1 fully saturated rings. The molecule has 2 aromatic rings. The third-order valence-corrected chi connectivity index (χ3v) is 4.95. The maximum Gasteiger partial charge on any atom is 0.220 e. The Morgan fingerprint density at radius 1 is 1.36 bits per heavy atom. The van der Waals surface area contributed by atoms with Crippen molar-refractivity contribution in [3.63, 3.8) is 0 Å². The summed E-state index contributed by atoms with van der Waals surface area (Å²) in [4.78, 5) is 11.6. The molecule has 0 radical (unpaired) electrons. The van der Waals surface area contributed by atoms with Gasteiger partial charge in [-0.05, 0) is 58.2 Å². The number of benzene rings is 1. The summed E-state index contributed by atoms with van der Waals surface area (Å²) in [6, 6.07) is 8.87. The SMILES string of the molecule is Cc1nn(C(C)C)c(C)c1CNc1cccc(C2CCCC(=O)N2)c1. The maximum atomic E-state index is 11.6. The first-order valence-corrected chi connectivity index (χ1v) is 9.13. The average molecular weight is 340 g/mol. The lowest BCUT2D eigenvalue weighted by Crippen LogP contribution is -2.32. The van der Waals surface area contributed by atoms with Crippen LogP contribution in [0.3, 0.4) is 0 Å². The minimum atomic E-state index is 0.134. The van der Waals surface area contributed by atoms with E-state index >= 15 is 0 Å². The summed E-state index contributed by atoms with van der Waals surface area (Å²) in [5, 5.41) is 11.3. The number of hydrogen-bond acceptors (Lipinski definition) is 3. The zero-order valence-electron chi connectivity index (χ0n) is 15.6. The average Bonchev–Trinajstić information content (AvgIpc) is 2.88. The van der Waals surface area contributed by atoms with Crippen molar-refractivity contribution in [1.29, 1.82) is 0 Å². The zero-order chi connectivity index (χ0) is 18.0. The molecular formula is C20H28N4O. The van der Waals surface area contributed by atoms with Crippen LogP contribution in [0.4, 0.5) is 5.69 Å². The standard InChI is InChI=1S/C20H28N4O/c1-13(2)24-15(4)18(14(3)23-24)12-21-17-8-5-7-16(11-17)19-9-6-10-20(25)22-19/h5,7-8,11,13,19,21H,6,9-10,12H2,1-4H3,(H,22,25). The number of aryl methyl sites for hydroxylation is 1. The minimum Gasteiger partial charge on any atom is -0.381 e. The van der Waals surface area contributed by atoms with Crippen LogP contribution in [0.25, 0.3) is 0 Å². The number of hydrogen-bond donors (Lipinski definition) is 2. The predicted octanol–water partition coefficient (Wildman–Crippen LogP) is 4.03. The molecule has 1 saturated heterocycles. The van der Waals surface area contributed by atoms with E-state index in [0.29, 0.717) is 12.5 Å². The molecule has 3 rings (SSSR count). The van der Waals surface area contributed by atoms with Crippen molar-refractivity contribution < 1.29 is 4.79 Å². The van der Waals surface area contributed by atoms with E-state index in [-0.39, 0.29) is 11.9 Å². The van der Waals surface area contributed by atoms with Gasteiger partial charge in [-0.3, -0.25) is 9.48 Å². The molecule has 1 aromatic heterocycles. The van der Waals surface area contributed by atoms with E-state index in [9.17, 15) is 4.79 Å². The van der Waals surface area contributed by atoms with Gasteiger partial charge in [-0.25, -0.2) is 0 Å². The van der Waals surface area contributed by atoms with Crippen LogP contribution in [-0.4, -0.2) is 15.7 Å². The summed E-state index contributed by atoms with van der Waals surface area (Å²) in [6.07, 6.45) is 2.61. The summed E-state index contributed by atoms with van der Waals surface area (Å²) >= 11 is 0. The highest BCUT2D eigenvalue weighted by atomic mass is 16.1. The largest absolute Gasteiger partial charge is 0.381 e. The lowest BCUT2D eigenvalue weighted by Gasteiger charge is -2.24. The summed E-state index contributed by atoms with van der Waals surface area (Å²) in [6.45, 7) is 9.25. The highest BCUT2D eigenvalue weighted by Gasteiger charge is 2.20. The lowest BCUT2D eigenvalue weighted by atomic mass is 9.97. The molecule has 1 aliphatic rings. The van der Waals surface area contributed by atoms with Crippen molar-refractivity contribution in [2.45, 2.75) is 65.6 Å². The zero-order valence-corrected chi connectivity index (χ0v) is 15.6. The Hall–Kier alpha value is -2.30. The number of carbonyl (C=O) groups is 1. The predicted molar refractivity (Wildman–Crippen MR) is 101 cm³/mol. The number of amides is 1. The highest BCUT2D eigenvalue weighted by Crippen LogP contribution is 2.26. The number of carbonyl (C=O) groups excluding carboxylic acids is 1. The molecule has 5 heteroatoms. The molecule has 2 N–H and O–H groups in total. The van der Waals surface area contributed by atoms with Gasteiger partial charge in [-0.15, -0.1) is 0 Å². The fourth-order valence-corrected chi connectivity index (χ4v) is 3.57. The van der Waals surface area contributed by atoms with Gasteiger partial charge in [0, 0.05) is 36.0 Å². The summed E-state index contributed by atoms with van der Waals surface area (Å²) in [5.74, 6) is 0.155. The molecule has 5 nitrogen and oxygen atoms in total. The quantitative estimate of drug-likeness (QED) is 0.864. The number of nitrogens with zero attached hydrogens (tertiary/aromatic N) is 2. The maximum absolute atomic E-state index is 11.6.